The van der Waals surface area contributed by atoms with E-state index in [4.69, 9.17) is 9.47 Å². The van der Waals surface area contributed by atoms with Gasteiger partial charge in [0.2, 0.25) is 0 Å². The number of nitrogens with zero attached hydrogens (tertiary/aromatic N) is 3. The van der Waals surface area contributed by atoms with Crippen LogP contribution in [0.25, 0.3) is 11.1 Å². The van der Waals surface area contributed by atoms with E-state index >= 15 is 0 Å². The average Bonchev–Trinajstić information content (AvgIpc) is 3.49. The third-order valence-corrected chi connectivity index (χ3v) is 7.80. The Morgan fingerprint density at radius 1 is 0.902 bits per heavy atom. The quantitative estimate of drug-likeness (QED) is 0.135. The monoisotopic (exact) mass is 553 g/mol. The predicted octanol–water partition coefficient (Wildman–Crippen LogP) is 7.63. The van der Waals surface area contributed by atoms with Crippen molar-refractivity contribution < 1.29 is 9.47 Å². The fourth-order valence-corrected chi connectivity index (χ4v) is 5.61. The number of hydrogen-bond acceptors (Lipinski definition) is 5. The topological polar surface area (TPSA) is 37.8 Å². The van der Waals surface area contributed by atoms with E-state index in [0.29, 0.717) is 6.61 Å². The molecule has 0 radical (unpaired) electrons. The number of hydrogen-bond donors (Lipinski definition) is 0. The maximum absolute atomic E-state index is 6.34. The highest BCUT2D eigenvalue weighted by Gasteiger charge is 2.14. The van der Waals surface area contributed by atoms with Crippen molar-refractivity contribution in [2.75, 3.05) is 45.9 Å². The second-order valence-electron chi connectivity index (χ2n) is 11.1. The number of allylic oxidation sites excluding steroid dienone is 2. The van der Waals surface area contributed by atoms with Crippen LogP contribution in [0.2, 0.25) is 0 Å². The molecule has 1 saturated heterocycles. The first-order chi connectivity index (χ1) is 20.0. The fourth-order valence-electron chi connectivity index (χ4n) is 5.61. The first kappa shape index (κ1) is 30.5. The zero-order chi connectivity index (χ0) is 28.9. The summed E-state index contributed by atoms with van der Waals surface area (Å²) in [5.74, 6) is 1.92. The molecule has 0 N–H and O–H groups in total. The fraction of sp³-hybridized carbons (Fsp3) is 0.417. The van der Waals surface area contributed by atoms with Gasteiger partial charge in [0, 0.05) is 32.4 Å². The SMILES string of the molecule is C=C/C=C(\C)CN(CCCOc1cccc(-c2cccc(OCCCN3CCCC3)c2C)c1C)Cc1ccccn1. The normalized spacial score (nSPS) is 14.0. The summed E-state index contributed by atoms with van der Waals surface area (Å²) in [5, 5.41) is 0. The van der Waals surface area contributed by atoms with Crippen LogP contribution in [0.1, 0.15) is 49.4 Å². The Morgan fingerprint density at radius 3 is 2.17 bits per heavy atom. The Bertz CT molecular complexity index is 1270. The van der Waals surface area contributed by atoms with Crippen LogP contribution in [-0.2, 0) is 6.54 Å². The summed E-state index contributed by atoms with van der Waals surface area (Å²) in [6.45, 7) is 17.9. The zero-order valence-electron chi connectivity index (χ0n) is 25.3. The second-order valence-corrected chi connectivity index (χ2v) is 11.1. The molecule has 1 fully saturated rings. The molecule has 0 spiro atoms. The van der Waals surface area contributed by atoms with Crippen molar-refractivity contribution in [1.82, 2.24) is 14.8 Å². The molecule has 5 nitrogen and oxygen atoms in total. The van der Waals surface area contributed by atoms with E-state index in [1.54, 1.807) is 0 Å². The molecule has 1 aliphatic rings. The smallest absolute Gasteiger partial charge is 0.122 e. The van der Waals surface area contributed by atoms with Crippen LogP contribution in [0.15, 0.2) is 85.1 Å². The van der Waals surface area contributed by atoms with Crippen molar-refractivity contribution in [3.05, 3.63) is 102 Å². The lowest BCUT2D eigenvalue weighted by molar-refractivity contribution is 0.238. The van der Waals surface area contributed by atoms with Gasteiger partial charge in [-0.2, -0.15) is 0 Å². The summed E-state index contributed by atoms with van der Waals surface area (Å²) < 4.78 is 12.6. The number of likely N-dealkylation sites (tertiary alicyclic amines) is 1. The maximum Gasteiger partial charge on any atom is 0.122 e. The van der Waals surface area contributed by atoms with E-state index in [1.807, 2.05) is 24.4 Å². The molecule has 0 unspecified atom stereocenters. The molecule has 5 heteroatoms. The predicted molar refractivity (Wildman–Crippen MR) is 171 cm³/mol. The van der Waals surface area contributed by atoms with Gasteiger partial charge in [0.15, 0.2) is 0 Å². The van der Waals surface area contributed by atoms with Crippen LogP contribution in [0.4, 0.5) is 0 Å². The van der Waals surface area contributed by atoms with Gasteiger partial charge in [-0.25, -0.2) is 0 Å². The molecule has 41 heavy (non-hydrogen) atoms. The lowest BCUT2D eigenvalue weighted by Crippen LogP contribution is -2.27. The Balaban J connectivity index is 1.34. The Labute approximate surface area is 247 Å². The molecule has 0 aliphatic carbocycles. The second kappa shape index (κ2) is 16.1. The Morgan fingerprint density at radius 2 is 1.56 bits per heavy atom. The lowest BCUT2D eigenvalue weighted by Gasteiger charge is -2.22. The van der Waals surface area contributed by atoms with Crippen molar-refractivity contribution in [3.8, 4) is 22.6 Å². The van der Waals surface area contributed by atoms with Crippen molar-refractivity contribution in [3.63, 3.8) is 0 Å². The van der Waals surface area contributed by atoms with Crippen molar-refractivity contribution in [2.45, 2.75) is 53.0 Å². The third-order valence-electron chi connectivity index (χ3n) is 7.80. The van der Waals surface area contributed by atoms with E-state index in [2.05, 4.69) is 90.7 Å². The van der Waals surface area contributed by atoms with Crippen LogP contribution in [0.3, 0.4) is 0 Å². The Kier molecular flexibility index (Phi) is 12.0. The minimum absolute atomic E-state index is 0.659. The first-order valence-electron chi connectivity index (χ1n) is 15.1. The zero-order valence-corrected chi connectivity index (χ0v) is 25.3. The van der Waals surface area contributed by atoms with Gasteiger partial charge in [-0.05, 0) is 106 Å². The molecule has 2 aromatic carbocycles. The van der Waals surface area contributed by atoms with E-state index in [0.717, 1.165) is 68.4 Å². The van der Waals surface area contributed by atoms with E-state index in [9.17, 15) is 0 Å². The summed E-state index contributed by atoms with van der Waals surface area (Å²) in [4.78, 5) is 9.49. The molecular weight excluding hydrogens is 506 g/mol. The van der Waals surface area contributed by atoms with Crippen LogP contribution in [0.5, 0.6) is 11.5 Å². The maximum atomic E-state index is 6.34. The average molecular weight is 554 g/mol. The molecule has 0 saturated carbocycles. The molecule has 2 heterocycles. The number of ether oxygens (including phenoxy) is 2. The van der Waals surface area contributed by atoms with Crippen LogP contribution in [0, 0.1) is 13.8 Å². The summed E-state index contributed by atoms with van der Waals surface area (Å²) >= 11 is 0. The summed E-state index contributed by atoms with van der Waals surface area (Å²) in [5.41, 5.74) is 7.12. The minimum atomic E-state index is 0.659. The molecular formula is C36H47N3O2. The molecule has 1 aliphatic heterocycles. The van der Waals surface area contributed by atoms with Gasteiger partial charge in [0.25, 0.3) is 0 Å². The highest BCUT2D eigenvalue weighted by Crippen LogP contribution is 2.35. The molecule has 218 valence electrons. The van der Waals surface area contributed by atoms with Crippen LogP contribution in [-0.4, -0.2) is 60.7 Å². The van der Waals surface area contributed by atoms with Gasteiger partial charge in [-0.1, -0.05) is 54.6 Å². The van der Waals surface area contributed by atoms with Gasteiger partial charge < -0.3 is 14.4 Å². The minimum Gasteiger partial charge on any atom is -0.493 e. The molecule has 0 bridgehead atoms. The van der Waals surface area contributed by atoms with Crippen LogP contribution >= 0.6 is 0 Å². The number of rotatable bonds is 16. The van der Waals surface area contributed by atoms with Gasteiger partial charge in [0.1, 0.15) is 11.5 Å². The summed E-state index contributed by atoms with van der Waals surface area (Å²) in [6.07, 6.45) is 10.5. The van der Waals surface area contributed by atoms with Crippen molar-refractivity contribution >= 4 is 0 Å². The highest BCUT2D eigenvalue weighted by molar-refractivity contribution is 5.74. The lowest BCUT2D eigenvalue weighted by atomic mass is 9.95. The number of aromatic nitrogens is 1. The van der Waals surface area contributed by atoms with E-state index in [-0.39, 0.29) is 0 Å². The standard InChI is InChI=1S/C36H47N3O2/c1-5-14-29(2)27-39(28-32-15-6-7-20-37-32)24-13-26-41-36-19-11-17-34(31(36)4)33-16-10-18-35(30(33)3)40-25-12-23-38-21-8-9-22-38/h5-7,10-11,14-20H,1,8-9,12-13,21-28H2,2-4H3/b29-14+. The van der Waals surface area contributed by atoms with Gasteiger partial charge >= 0.3 is 0 Å². The van der Waals surface area contributed by atoms with Crippen molar-refractivity contribution in [2.24, 2.45) is 0 Å². The largest absolute Gasteiger partial charge is 0.493 e. The highest BCUT2D eigenvalue weighted by atomic mass is 16.5. The van der Waals surface area contributed by atoms with E-state index < -0.39 is 0 Å². The summed E-state index contributed by atoms with van der Waals surface area (Å²) in [6, 6.07) is 18.8. The molecule has 3 aromatic rings. The van der Waals surface area contributed by atoms with Crippen LogP contribution < -0.4 is 9.47 Å². The Hall–Kier alpha value is -3.41. The molecule has 0 atom stereocenters. The van der Waals surface area contributed by atoms with Crippen molar-refractivity contribution in [1.29, 1.82) is 0 Å². The third kappa shape index (κ3) is 9.31. The number of benzene rings is 2. The van der Waals surface area contributed by atoms with E-state index in [1.165, 1.54) is 48.2 Å². The molecule has 1 aromatic heterocycles. The van der Waals surface area contributed by atoms with Gasteiger partial charge in [-0.3, -0.25) is 9.88 Å². The number of pyridine rings is 1. The molecule has 4 rings (SSSR count). The van der Waals surface area contributed by atoms with Gasteiger partial charge in [0.05, 0.1) is 18.9 Å². The first-order valence-corrected chi connectivity index (χ1v) is 15.1. The van der Waals surface area contributed by atoms with Gasteiger partial charge in [-0.15, -0.1) is 0 Å². The molecule has 0 amide bonds. The summed E-state index contributed by atoms with van der Waals surface area (Å²) in [7, 11) is 0.